The molecule has 0 unspecified atom stereocenters. The summed E-state index contributed by atoms with van der Waals surface area (Å²) in [6, 6.07) is 5.92. The fourth-order valence-corrected chi connectivity index (χ4v) is 5.11. The van der Waals surface area contributed by atoms with Gasteiger partial charge in [0.05, 0.1) is 26.0 Å². The van der Waals surface area contributed by atoms with Gasteiger partial charge in [0.1, 0.15) is 16.2 Å². The third kappa shape index (κ3) is 4.71. The van der Waals surface area contributed by atoms with Gasteiger partial charge in [-0.05, 0) is 31.2 Å². The lowest BCUT2D eigenvalue weighted by molar-refractivity contribution is -0.119. The first kappa shape index (κ1) is 23.6. The van der Waals surface area contributed by atoms with Crippen LogP contribution in [0, 0.1) is 6.92 Å². The van der Waals surface area contributed by atoms with Crippen LogP contribution >= 0.6 is 0 Å². The molecule has 180 valence electrons. The van der Waals surface area contributed by atoms with Crippen molar-refractivity contribution in [2.45, 2.75) is 11.8 Å². The molecule has 0 aliphatic carbocycles. The lowest BCUT2D eigenvalue weighted by atomic mass is 10.2. The summed E-state index contributed by atoms with van der Waals surface area (Å²) in [4.78, 5) is 29.0. The Kier molecular flexibility index (Phi) is 6.77. The van der Waals surface area contributed by atoms with Gasteiger partial charge in [-0.2, -0.15) is 9.40 Å². The minimum Gasteiger partial charge on any atom is -0.495 e. The lowest BCUT2D eigenvalue weighted by Gasteiger charge is -2.26. The first-order valence-electron chi connectivity index (χ1n) is 10.3. The van der Waals surface area contributed by atoms with Crippen LogP contribution in [0.2, 0.25) is 0 Å². The molecule has 1 aliphatic rings. The van der Waals surface area contributed by atoms with E-state index in [9.17, 15) is 18.0 Å². The molecule has 3 aromatic rings. The number of carbonyl (C=O) groups excluding carboxylic acids is 2. The quantitative estimate of drug-likeness (QED) is 0.478. The summed E-state index contributed by atoms with van der Waals surface area (Å²) in [5.41, 5.74) is 1.11. The second-order valence-corrected chi connectivity index (χ2v) is 9.26. The van der Waals surface area contributed by atoms with Gasteiger partial charge < -0.3 is 19.5 Å². The number of esters is 1. The molecule has 1 fully saturated rings. The summed E-state index contributed by atoms with van der Waals surface area (Å²) in [5, 5.41) is 6.73. The molecule has 1 aliphatic heterocycles. The minimum absolute atomic E-state index is 0.0836. The topological polar surface area (TPSA) is 141 Å². The van der Waals surface area contributed by atoms with Gasteiger partial charge in [-0.25, -0.2) is 22.7 Å². The Bertz CT molecular complexity index is 1330. The number of nitrogens with one attached hydrogen (secondary N) is 1. The fourth-order valence-electron chi connectivity index (χ4n) is 3.52. The molecule has 0 saturated carbocycles. The van der Waals surface area contributed by atoms with Gasteiger partial charge in [0.2, 0.25) is 10.0 Å². The van der Waals surface area contributed by atoms with Gasteiger partial charge in [-0.15, -0.1) is 0 Å². The number of aromatic nitrogens is 3. The van der Waals surface area contributed by atoms with Crippen molar-refractivity contribution in [3.63, 3.8) is 0 Å². The van der Waals surface area contributed by atoms with E-state index in [-0.39, 0.29) is 35.0 Å². The number of aryl methyl sites for hydroxylation is 1. The van der Waals surface area contributed by atoms with Crippen molar-refractivity contribution in [3.8, 4) is 5.75 Å². The number of rotatable bonds is 7. The molecule has 0 radical (unpaired) electrons. The van der Waals surface area contributed by atoms with Crippen molar-refractivity contribution in [3.05, 3.63) is 47.9 Å². The monoisotopic (exact) mass is 489 g/mol. The van der Waals surface area contributed by atoms with E-state index in [2.05, 4.69) is 15.4 Å². The number of nitrogens with zero attached hydrogens (tertiary/aromatic N) is 4. The van der Waals surface area contributed by atoms with Crippen LogP contribution in [-0.2, 0) is 24.3 Å². The van der Waals surface area contributed by atoms with E-state index in [0.29, 0.717) is 24.6 Å². The van der Waals surface area contributed by atoms with Crippen LogP contribution in [0.15, 0.2) is 41.6 Å². The molecule has 2 aromatic heterocycles. The van der Waals surface area contributed by atoms with Gasteiger partial charge in [0.25, 0.3) is 5.91 Å². The van der Waals surface area contributed by atoms with Crippen molar-refractivity contribution < 1.29 is 32.2 Å². The second-order valence-electron chi connectivity index (χ2n) is 7.35. The summed E-state index contributed by atoms with van der Waals surface area (Å²) >= 11 is 0. The summed E-state index contributed by atoms with van der Waals surface area (Å²) in [6.45, 7) is 2.08. The van der Waals surface area contributed by atoms with Crippen LogP contribution in [0.25, 0.3) is 5.65 Å². The fraction of sp³-hybridized carbons (Fsp3) is 0.333. The van der Waals surface area contributed by atoms with E-state index in [1.807, 2.05) is 0 Å². The molecule has 1 saturated heterocycles. The number of amides is 1. The van der Waals surface area contributed by atoms with Crippen LogP contribution in [0.1, 0.15) is 16.1 Å². The number of anilines is 1. The molecule has 13 heteroatoms. The highest BCUT2D eigenvalue weighted by atomic mass is 32.2. The average Bonchev–Trinajstić information content (AvgIpc) is 3.18. The zero-order chi connectivity index (χ0) is 24.3. The van der Waals surface area contributed by atoms with E-state index >= 15 is 0 Å². The summed E-state index contributed by atoms with van der Waals surface area (Å²) in [5.74, 6) is -1.24. The second kappa shape index (κ2) is 9.75. The summed E-state index contributed by atoms with van der Waals surface area (Å²) in [7, 11) is -2.50. The Morgan fingerprint density at radius 1 is 1.24 bits per heavy atom. The molecule has 34 heavy (non-hydrogen) atoms. The Morgan fingerprint density at radius 3 is 2.74 bits per heavy atom. The number of benzene rings is 1. The van der Waals surface area contributed by atoms with Gasteiger partial charge in [-0.3, -0.25) is 4.79 Å². The molecule has 0 spiro atoms. The van der Waals surface area contributed by atoms with Gasteiger partial charge in [0.15, 0.2) is 12.3 Å². The Labute approximate surface area is 195 Å². The van der Waals surface area contributed by atoms with Crippen molar-refractivity contribution in [2.75, 3.05) is 45.3 Å². The number of ether oxygens (including phenoxy) is 3. The number of fused-ring (bicyclic) bond motifs is 1. The number of hydrogen-bond donors (Lipinski definition) is 1. The Balaban J connectivity index is 1.46. The van der Waals surface area contributed by atoms with E-state index in [0.717, 1.165) is 0 Å². The molecule has 1 amide bonds. The van der Waals surface area contributed by atoms with E-state index in [1.165, 1.54) is 40.3 Å². The van der Waals surface area contributed by atoms with Crippen LogP contribution in [0.3, 0.4) is 0 Å². The van der Waals surface area contributed by atoms with Crippen LogP contribution in [0.4, 0.5) is 5.69 Å². The zero-order valence-corrected chi connectivity index (χ0v) is 19.4. The Hall–Kier alpha value is -3.55. The van der Waals surface area contributed by atoms with E-state index < -0.39 is 28.5 Å². The molecular weight excluding hydrogens is 466 g/mol. The van der Waals surface area contributed by atoms with Gasteiger partial charge in [0, 0.05) is 31.2 Å². The average molecular weight is 490 g/mol. The van der Waals surface area contributed by atoms with E-state index in [4.69, 9.17) is 14.2 Å². The Morgan fingerprint density at radius 2 is 2.00 bits per heavy atom. The van der Waals surface area contributed by atoms with Crippen molar-refractivity contribution >= 4 is 33.2 Å². The smallest absolute Gasteiger partial charge is 0.344 e. The maximum atomic E-state index is 13.1. The predicted octanol–water partition coefficient (Wildman–Crippen LogP) is 0.863. The molecule has 4 rings (SSSR count). The molecular formula is C21H23N5O7S. The van der Waals surface area contributed by atoms with Crippen molar-refractivity contribution in [1.29, 1.82) is 0 Å². The molecule has 0 atom stereocenters. The van der Waals surface area contributed by atoms with Crippen molar-refractivity contribution in [2.24, 2.45) is 0 Å². The number of carbonyl (C=O) groups is 2. The largest absolute Gasteiger partial charge is 0.495 e. The van der Waals surface area contributed by atoms with E-state index in [1.54, 1.807) is 19.2 Å². The number of hydrogen-bond acceptors (Lipinski definition) is 9. The molecule has 3 heterocycles. The predicted molar refractivity (Wildman–Crippen MR) is 119 cm³/mol. The molecule has 1 N–H and O–H groups in total. The van der Waals surface area contributed by atoms with Gasteiger partial charge in [-0.1, -0.05) is 0 Å². The maximum absolute atomic E-state index is 13.1. The standard InChI is InChI=1S/C21H23N5O7S/c1-14-19(20-22-6-3-7-26(20)24-14)21(28)33-13-18(27)23-15-4-5-16(31-2)17(12-15)34(29,30)25-8-10-32-11-9-25/h3-7,12H,8-11,13H2,1-2H3,(H,23,27). The SMILES string of the molecule is COc1ccc(NC(=O)COC(=O)c2c(C)nn3cccnc23)cc1S(=O)(=O)N1CCOCC1. The van der Waals surface area contributed by atoms with Crippen LogP contribution < -0.4 is 10.1 Å². The molecule has 12 nitrogen and oxygen atoms in total. The normalized spacial score (nSPS) is 14.6. The number of morpholine rings is 1. The first-order chi connectivity index (χ1) is 16.3. The molecule has 0 bridgehead atoms. The van der Waals surface area contributed by atoms with Crippen LogP contribution in [-0.4, -0.2) is 79.2 Å². The molecule has 1 aromatic carbocycles. The third-order valence-electron chi connectivity index (χ3n) is 5.14. The minimum atomic E-state index is -3.87. The maximum Gasteiger partial charge on any atom is 0.344 e. The third-order valence-corrected chi connectivity index (χ3v) is 7.06. The summed E-state index contributed by atoms with van der Waals surface area (Å²) < 4.78 is 44.5. The van der Waals surface area contributed by atoms with Crippen molar-refractivity contribution in [1.82, 2.24) is 18.9 Å². The lowest BCUT2D eigenvalue weighted by Crippen LogP contribution is -2.40. The van der Waals surface area contributed by atoms with Crippen LogP contribution in [0.5, 0.6) is 5.75 Å². The highest BCUT2D eigenvalue weighted by Gasteiger charge is 2.30. The first-order valence-corrected chi connectivity index (χ1v) is 11.8. The van der Waals surface area contributed by atoms with Gasteiger partial charge >= 0.3 is 5.97 Å². The summed E-state index contributed by atoms with van der Waals surface area (Å²) in [6.07, 6.45) is 3.16. The number of sulfonamides is 1. The highest BCUT2D eigenvalue weighted by Crippen LogP contribution is 2.30. The number of methoxy groups -OCH3 is 1. The zero-order valence-electron chi connectivity index (χ0n) is 18.6. The highest BCUT2D eigenvalue weighted by molar-refractivity contribution is 7.89.